The first kappa shape index (κ1) is 23.0. The highest BCUT2D eigenvalue weighted by Crippen LogP contribution is 2.34. The molecule has 0 saturated heterocycles. The van der Waals surface area contributed by atoms with Gasteiger partial charge in [0.25, 0.3) is 11.8 Å². The summed E-state index contributed by atoms with van der Waals surface area (Å²) in [5, 5.41) is 3.18. The van der Waals surface area contributed by atoms with Crippen molar-refractivity contribution in [2.75, 3.05) is 16.8 Å². The average molecular weight is 455 g/mol. The summed E-state index contributed by atoms with van der Waals surface area (Å²) in [5.74, 6) is -1.32. The highest BCUT2D eigenvalue weighted by molar-refractivity contribution is 6.46. The number of anilines is 2. The monoisotopic (exact) mass is 454 g/mol. The summed E-state index contributed by atoms with van der Waals surface area (Å²) in [6.07, 6.45) is 0.727. The Hall–Kier alpha value is -4.19. The molecule has 6 nitrogen and oxygen atoms in total. The largest absolute Gasteiger partial charge is 0.462 e. The Morgan fingerprint density at radius 2 is 1.59 bits per heavy atom. The van der Waals surface area contributed by atoms with Crippen molar-refractivity contribution in [3.63, 3.8) is 0 Å². The lowest BCUT2D eigenvalue weighted by molar-refractivity contribution is -0.120. The van der Waals surface area contributed by atoms with E-state index in [1.807, 2.05) is 57.2 Å². The van der Waals surface area contributed by atoms with Crippen LogP contribution < -0.4 is 10.2 Å². The minimum Gasteiger partial charge on any atom is -0.462 e. The van der Waals surface area contributed by atoms with Crippen molar-refractivity contribution in [1.82, 2.24) is 0 Å². The van der Waals surface area contributed by atoms with Gasteiger partial charge in [-0.2, -0.15) is 0 Å². The molecule has 0 aromatic heterocycles. The normalized spacial score (nSPS) is 13.4. The van der Waals surface area contributed by atoms with Crippen molar-refractivity contribution >= 4 is 34.7 Å². The maximum absolute atomic E-state index is 13.5. The number of carbonyl (C=O) groups is 3. The zero-order valence-corrected chi connectivity index (χ0v) is 19.4. The SMILES string of the molecule is CCCOC(=O)c1ccc(N2C(=O)C(Nc3ccc(C)c(C)c3)=C(c3ccccc3)C2=O)cc1. The fraction of sp³-hybridized carbons (Fsp3) is 0.179. The highest BCUT2D eigenvalue weighted by atomic mass is 16.5. The standard InChI is InChI=1S/C28H26N2O4/c1-4-16-34-28(33)21-11-14-23(15-12-21)30-26(31)24(20-8-6-5-7-9-20)25(27(30)32)29-22-13-10-18(2)19(3)17-22/h5-15,17,29H,4,16H2,1-3H3. The highest BCUT2D eigenvalue weighted by Gasteiger charge is 2.40. The summed E-state index contributed by atoms with van der Waals surface area (Å²) in [4.78, 5) is 40.3. The van der Waals surface area contributed by atoms with Crippen LogP contribution in [0.2, 0.25) is 0 Å². The van der Waals surface area contributed by atoms with E-state index in [9.17, 15) is 14.4 Å². The molecule has 3 aromatic carbocycles. The van der Waals surface area contributed by atoms with Crippen molar-refractivity contribution < 1.29 is 19.1 Å². The van der Waals surface area contributed by atoms with E-state index in [-0.39, 0.29) is 5.70 Å². The topological polar surface area (TPSA) is 75.7 Å². The minimum atomic E-state index is -0.455. The molecule has 0 fully saturated rings. The Balaban J connectivity index is 1.70. The average Bonchev–Trinajstić information content (AvgIpc) is 3.09. The Labute approximate surface area is 198 Å². The first-order valence-electron chi connectivity index (χ1n) is 11.2. The Kier molecular flexibility index (Phi) is 6.59. The van der Waals surface area contributed by atoms with Crippen LogP contribution >= 0.6 is 0 Å². The van der Waals surface area contributed by atoms with Crippen LogP contribution in [-0.2, 0) is 14.3 Å². The van der Waals surface area contributed by atoms with Crippen LogP contribution in [0.1, 0.15) is 40.4 Å². The van der Waals surface area contributed by atoms with Crippen LogP contribution in [0.25, 0.3) is 5.57 Å². The lowest BCUT2D eigenvalue weighted by Crippen LogP contribution is -2.32. The third-order valence-corrected chi connectivity index (χ3v) is 5.72. The zero-order chi connectivity index (χ0) is 24.2. The zero-order valence-electron chi connectivity index (χ0n) is 19.4. The smallest absolute Gasteiger partial charge is 0.338 e. The molecule has 0 aliphatic carbocycles. The molecule has 0 spiro atoms. The number of benzene rings is 3. The number of hydrogen-bond donors (Lipinski definition) is 1. The van der Waals surface area contributed by atoms with Crippen LogP contribution in [-0.4, -0.2) is 24.4 Å². The fourth-order valence-corrected chi connectivity index (χ4v) is 3.74. The van der Waals surface area contributed by atoms with Crippen LogP contribution in [0.15, 0.2) is 78.5 Å². The lowest BCUT2D eigenvalue weighted by Gasteiger charge is -2.16. The van der Waals surface area contributed by atoms with Gasteiger partial charge < -0.3 is 10.1 Å². The van der Waals surface area contributed by atoms with Gasteiger partial charge in [0, 0.05) is 5.69 Å². The predicted molar refractivity (Wildman–Crippen MR) is 132 cm³/mol. The van der Waals surface area contributed by atoms with Gasteiger partial charge in [0.05, 0.1) is 23.4 Å². The lowest BCUT2D eigenvalue weighted by atomic mass is 10.0. The van der Waals surface area contributed by atoms with Crippen molar-refractivity contribution in [3.05, 3.63) is 101 Å². The maximum Gasteiger partial charge on any atom is 0.338 e. The summed E-state index contributed by atoms with van der Waals surface area (Å²) in [6, 6.07) is 21.2. The summed E-state index contributed by atoms with van der Waals surface area (Å²) in [6.45, 7) is 6.26. The minimum absolute atomic E-state index is 0.214. The maximum atomic E-state index is 13.5. The van der Waals surface area contributed by atoms with E-state index in [4.69, 9.17) is 4.74 Å². The number of imide groups is 1. The number of rotatable bonds is 7. The van der Waals surface area contributed by atoms with E-state index < -0.39 is 17.8 Å². The van der Waals surface area contributed by atoms with Crippen LogP contribution in [0, 0.1) is 13.8 Å². The van der Waals surface area contributed by atoms with Gasteiger partial charge >= 0.3 is 5.97 Å². The van der Waals surface area contributed by atoms with Crippen molar-refractivity contribution in [3.8, 4) is 0 Å². The molecule has 1 heterocycles. The number of carbonyl (C=O) groups excluding carboxylic acids is 3. The third kappa shape index (κ3) is 4.48. The number of ether oxygens (including phenoxy) is 1. The number of aryl methyl sites for hydroxylation is 2. The van der Waals surface area contributed by atoms with E-state index in [2.05, 4.69) is 5.32 Å². The molecule has 1 aliphatic rings. The van der Waals surface area contributed by atoms with Gasteiger partial charge in [-0.15, -0.1) is 0 Å². The molecule has 0 unspecified atom stereocenters. The second kappa shape index (κ2) is 9.75. The van der Waals surface area contributed by atoms with Crippen LogP contribution in [0.3, 0.4) is 0 Å². The Morgan fingerprint density at radius 1 is 0.882 bits per heavy atom. The van der Waals surface area contributed by atoms with Crippen molar-refractivity contribution in [2.24, 2.45) is 0 Å². The molecule has 2 amide bonds. The Morgan fingerprint density at radius 3 is 2.24 bits per heavy atom. The van der Waals surface area contributed by atoms with E-state index in [1.54, 1.807) is 36.4 Å². The van der Waals surface area contributed by atoms with E-state index in [0.29, 0.717) is 29.0 Å². The van der Waals surface area contributed by atoms with E-state index >= 15 is 0 Å². The molecule has 0 atom stereocenters. The molecule has 0 radical (unpaired) electrons. The van der Waals surface area contributed by atoms with Gasteiger partial charge in [-0.3, -0.25) is 9.59 Å². The van der Waals surface area contributed by atoms with Crippen LogP contribution in [0.5, 0.6) is 0 Å². The molecule has 6 heteroatoms. The Bertz CT molecular complexity index is 1280. The van der Waals surface area contributed by atoms with Gasteiger partial charge in [0.1, 0.15) is 5.70 Å². The van der Waals surface area contributed by atoms with Crippen molar-refractivity contribution in [1.29, 1.82) is 0 Å². The molecule has 0 bridgehead atoms. The van der Waals surface area contributed by atoms with E-state index in [1.165, 1.54) is 0 Å². The molecule has 1 aliphatic heterocycles. The summed E-state index contributed by atoms with van der Waals surface area (Å²) >= 11 is 0. The molecule has 1 N–H and O–H groups in total. The molecule has 0 saturated carbocycles. The summed E-state index contributed by atoms with van der Waals surface area (Å²) < 4.78 is 5.16. The number of esters is 1. The number of nitrogens with one attached hydrogen (secondary N) is 1. The van der Waals surface area contributed by atoms with Gasteiger partial charge in [-0.25, -0.2) is 9.69 Å². The second-order valence-electron chi connectivity index (χ2n) is 8.17. The van der Waals surface area contributed by atoms with Gasteiger partial charge in [-0.05, 0) is 73.4 Å². The molecular formula is C28H26N2O4. The first-order chi connectivity index (χ1) is 16.4. The molecule has 172 valence electrons. The fourth-order valence-electron chi connectivity index (χ4n) is 3.74. The van der Waals surface area contributed by atoms with Gasteiger partial charge in [0.2, 0.25) is 0 Å². The summed E-state index contributed by atoms with van der Waals surface area (Å²) in [5.41, 5.74) is 4.84. The van der Waals surface area contributed by atoms with Gasteiger partial charge in [-0.1, -0.05) is 43.3 Å². The molecule has 4 rings (SSSR count). The number of amides is 2. The van der Waals surface area contributed by atoms with Gasteiger partial charge in [0.15, 0.2) is 0 Å². The van der Waals surface area contributed by atoms with Crippen LogP contribution in [0.4, 0.5) is 11.4 Å². The predicted octanol–water partition coefficient (Wildman–Crippen LogP) is 5.27. The summed E-state index contributed by atoms with van der Waals surface area (Å²) in [7, 11) is 0. The number of hydrogen-bond acceptors (Lipinski definition) is 5. The second-order valence-corrected chi connectivity index (χ2v) is 8.17. The molecule has 3 aromatic rings. The quantitative estimate of drug-likeness (QED) is 0.389. The van der Waals surface area contributed by atoms with Crippen molar-refractivity contribution in [2.45, 2.75) is 27.2 Å². The first-order valence-corrected chi connectivity index (χ1v) is 11.2. The molecular weight excluding hydrogens is 428 g/mol. The third-order valence-electron chi connectivity index (χ3n) is 5.72. The van der Waals surface area contributed by atoms with E-state index in [0.717, 1.165) is 28.1 Å². The molecule has 34 heavy (non-hydrogen) atoms. The number of nitrogens with zero attached hydrogens (tertiary/aromatic N) is 1.